The second-order valence-corrected chi connectivity index (χ2v) is 4.24. The highest BCUT2D eigenvalue weighted by Gasteiger charge is 2.31. The number of ether oxygens (including phenoxy) is 2. The number of nitrogens with two attached hydrogens (primary N) is 1. The molecule has 0 aliphatic heterocycles. The van der Waals surface area contributed by atoms with Crippen LogP contribution in [0.4, 0.5) is 13.2 Å². The Morgan fingerprint density at radius 2 is 2.05 bits per heavy atom. The van der Waals surface area contributed by atoms with Crippen molar-refractivity contribution in [3.05, 3.63) is 29.8 Å². The summed E-state index contributed by atoms with van der Waals surface area (Å²) in [5.74, 6) is 5.17. The van der Waals surface area contributed by atoms with Gasteiger partial charge in [-0.3, -0.25) is 11.3 Å². The maximum absolute atomic E-state index is 12.2. The van der Waals surface area contributed by atoms with Crippen LogP contribution >= 0.6 is 0 Å². The van der Waals surface area contributed by atoms with Crippen LogP contribution in [0.5, 0.6) is 5.75 Å². The molecule has 0 aliphatic carbocycles. The predicted molar refractivity (Wildman–Crippen MR) is 68.9 cm³/mol. The summed E-state index contributed by atoms with van der Waals surface area (Å²) in [6, 6.07) is 5.46. The van der Waals surface area contributed by atoms with E-state index in [-0.39, 0.29) is 11.8 Å². The lowest BCUT2D eigenvalue weighted by Gasteiger charge is -2.17. The third kappa shape index (κ3) is 6.23. The van der Waals surface area contributed by atoms with E-state index in [4.69, 9.17) is 10.6 Å². The summed E-state index contributed by atoms with van der Waals surface area (Å²) < 4.78 is 45.7. The number of nitrogens with one attached hydrogen (secondary N) is 1. The molecule has 0 amide bonds. The van der Waals surface area contributed by atoms with E-state index in [9.17, 15) is 13.2 Å². The Kier molecular flexibility index (Phi) is 6.77. The topological polar surface area (TPSA) is 56.5 Å². The van der Waals surface area contributed by atoms with Crippen molar-refractivity contribution in [1.29, 1.82) is 0 Å². The van der Waals surface area contributed by atoms with E-state index in [1.54, 1.807) is 6.07 Å². The van der Waals surface area contributed by atoms with Gasteiger partial charge >= 0.3 is 6.36 Å². The van der Waals surface area contributed by atoms with Gasteiger partial charge in [-0.25, -0.2) is 0 Å². The van der Waals surface area contributed by atoms with E-state index in [2.05, 4.69) is 10.2 Å². The van der Waals surface area contributed by atoms with Crippen LogP contribution in [0.3, 0.4) is 0 Å². The van der Waals surface area contributed by atoms with Crippen molar-refractivity contribution in [3.63, 3.8) is 0 Å². The molecule has 1 atom stereocenters. The number of hydrazine groups is 1. The van der Waals surface area contributed by atoms with Crippen LogP contribution in [-0.4, -0.2) is 19.6 Å². The van der Waals surface area contributed by atoms with E-state index < -0.39 is 6.36 Å². The molecule has 7 heteroatoms. The molecule has 0 aliphatic rings. The Morgan fingerprint density at radius 3 is 2.65 bits per heavy atom. The summed E-state index contributed by atoms with van der Waals surface area (Å²) in [6.07, 6.45) is -3.23. The van der Waals surface area contributed by atoms with Crippen LogP contribution < -0.4 is 16.0 Å². The smallest absolute Gasteiger partial charge is 0.406 e. The minimum Gasteiger partial charge on any atom is -0.406 e. The quantitative estimate of drug-likeness (QED) is 0.439. The monoisotopic (exact) mass is 292 g/mol. The third-order valence-electron chi connectivity index (χ3n) is 2.59. The van der Waals surface area contributed by atoms with E-state index in [1.807, 2.05) is 6.92 Å². The van der Waals surface area contributed by atoms with Crippen LogP contribution in [0.2, 0.25) is 0 Å². The predicted octanol–water partition coefficient (Wildman–Crippen LogP) is 2.91. The van der Waals surface area contributed by atoms with Gasteiger partial charge in [-0.15, -0.1) is 13.2 Å². The van der Waals surface area contributed by atoms with Gasteiger partial charge in [0.2, 0.25) is 0 Å². The van der Waals surface area contributed by atoms with Crippen molar-refractivity contribution in [2.24, 2.45) is 5.84 Å². The fraction of sp³-hybridized carbons (Fsp3) is 0.538. The molecule has 0 bridgehead atoms. The Morgan fingerprint density at radius 1 is 1.30 bits per heavy atom. The molecule has 0 fully saturated rings. The number of hydrogen-bond donors (Lipinski definition) is 2. The van der Waals surface area contributed by atoms with E-state index >= 15 is 0 Å². The van der Waals surface area contributed by atoms with E-state index in [0.717, 1.165) is 6.42 Å². The van der Waals surface area contributed by atoms with Crippen LogP contribution in [0.15, 0.2) is 24.3 Å². The lowest BCUT2D eigenvalue weighted by Crippen LogP contribution is -2.29. The molecule has 0 aromatic heterocycles. The van der Waals surface area contributed by atoms with Gasteiger partial charge in [0, 0.05) is 19.3 Å². The number of alkyl halides is 3. The summed E-state index contributed by atoms with van der Waals surface area (Å²) in [7, 11) is 0. The first-order valence-corrected chi connectivity index (χ1v) is 6.36. The Balaban J connectivity index is 2.65. The normalized spacial score (nSPS) is 13.2. The second kappa shape index (κ2) is 8.08. The molecule has 4 nitrogen and oxygen atoms in total. The molecule has 3 N–H and O–H groups in total. The van der Waals surface area contributed by atoms with Crippen molar-refractivity contribution < 1.29 is 22.6 Å². The first-order chi connectivity index (χ1) is 9.46. The highest BCUT2D eigenvalue weighted by molar-refractivity contribution is 5.30. The molecular weight excluding hydrogens is 273 g/mol. The van der Waals surface area contributed by atoms with Crippen molar-refractivity contribution >= 4 is 0 Å². The number of hydrogen-bond acceptors (Lipinski definition) is 4. The molecule has 20 heavy (non-hydrogen) atoms. The summed E-state index contributed by atoms with van der Waals surface area (Å²) in [6.45, 7) is 3.12. The van der Waals surface area contributed by atoms with Crippen molar-refractivity contribution in [2.75, 3.05) is 13.2 Å². The zero-order valence-electron chi connectivity index (χ0n) is 11.2. The van der Waals surface area contributed by atoms with Crippen molar-refractivity contribution in [3.8, 4) is 5.75 Å². The summed E-state index contributed by atoms with van der Waals surface area (Å²) >= 11 is 0. The van der Waals surface area contributed by atoms with Gasteiger partial charge in [0.15, 0.2) is 0 Å². The highest BCUT2D eigenvalue weighted by Crippen LogP contribution is 2.26. The van der Waals surface area contributed by atoms with E-state index in [0.29, 0.717) is 25.2 Å². The van der Waals surface area contributed by atoms with Gasteiger partial charge in [0.25, 0.3) is 0 Å². The Labute approximate surface area is 116 Å². The first kappa shape index (κ1) is 16.7. The molecule has 0 saturated heterocycles. The number of benzene rings is 1. The molecule has 1 unspecified atom stereocenters. The largest absolute Gasteiger partial charge is 0.573 e. The standard InChI is InChI=1S/C13H19F3N2O2/c1-2-7-19-8-6-12(18-17)10-4-3-5-11(9-10)20-13(14,15)16/h3-5,9,12,18H,2,6-8,17H2,1H3. The molecule has 1 aromatic carbocycles. The average Bonchev–Trinajstić information content (AvgIpc) is 2.37. The summed E-state index contributed by atoms with van der Waals surface area (Å²) in [5, 5.41) is 0. The van der Waals surface area contributed by atoms with Gasteiger partial charge < -0.3 is 9.47 Å². The maximum Gasteiger partial charge on any atom is 0.573 e. The van der Waals surface area contributed by atoms with Gasteiger partial charge in [-0.1, -0.05) is 19.1 Å². The summed E-state index contributed by atoms with van der Waals surface area (Å²) in [5.41, 5.74) is 3.19. The van der Waals surface area contributed by atoms with Gasteiger partial charge in [0.05, 0.1) is 0 Å². The fourth-order valence-electron chi connectivity index (χ4n) is 1.72. The fourth-order valence-corrected chi connectivity index (χ4v) is 1.72. The van der Waals surface area contributed by atoms with Gasteiger partial charge in [0.1, 0.15) is 5.75 Å². The van der Waals surface area contributed by atoms with Crippen LogP contribution in [0.25, 0.3) is 0 Å². The van der Waals surface area contributed by atoms with Crippen molar-refractivity contribution in [1.82, 2.24) is 5.43 Å². The third-order valence-corrected chi connectivity index (χ3v) is 2.59. The Bertz CT molecular complexity index is 399. The van der Waals surface area contributed by atoms with Crippen LogP contribution in [-0.2, 0) is 4.74 Å². The van der Waals surface area contributed by atoms with E-state index in [1.165, 1.54) is 18.2 Å². The molecule has 0 spiro atoms. The molecular formula is C13H19F3N2O2. The molecule has 0 radical (unpaired) electrons. The molecule has 1 rings (SSSR count). The lowest BCUT2D eigenvalue weighted by atomic mass is 10.0. The molecule has 114 valence electrons. The molecule has 1 aromatic rings. The second-order valence-electron chi connectivity index (χ2n) is 4.24. The van der Waals surface area contributed by atoms with Gasteiger partial charge in [-0.2, -0.15) is 0 Å². The Hall–Kier alpha value is -1.31. The number of halogens is 3. The minimum absolute atomic E-state index is 0.260. The lowest BCUT2D eigenvalue weighted by molar-refractivity contribution is -0.274. The van der Waals surface area contributed by atoms with Crippen LogP contribution in [0, 0.1) is 0 Å². The van der Waals surface area contributed by atoms with Crippen molar-refractivity contribution in [2.45, 2.75) is 32.2 Å². The zero-order chi connectivity index (χ0) is 15.0. The molecule has 0 heterocycles. The summed E-state index contributed by atoms with van der Waals surface area (Å²) in [4.78, 5) is 0. The zero-order valence-corrected chi connectivity index (χ0v) is 11.2. The minimum atomic E-state index is -4.70. The number of rotatable bonds is 8. The first-order valence-electron chi connectivity index (χ1n) is 6.36. The maximum atomic E-state index is 12.2. The van der Waals surface area contributed by atoms with Gasteiger partial charge in [-0.05, 0) is 30.5 Å². The SMILES string of the molecule is CCCOCCC(NN)c1cccc(OC(F)(F)F)c1. The highest BCUT2D eigenvalue weighted by atomic mass is 19.4. The average molecular weight is 292 g/mol. The molecule has 0 saturated carbocycles. The van der Waals surface area contributed by atoms with Crippen LogP contribution in [0.1, 0.15) is 31.4 Å².